The summed E-state index contributed by atoms with van der Waals surface area (Å²) in [6, 6.07) is 0. The molecular formula is C8H16Cl2O2. The van der Waals surface area contributed by atoms with Gasteiger partial charge in [0.15, 0.2) is 0 Å². The molecule has 1 aliphatic rings. The Morgan fingerprint density at radius 1 is 1.50 bits per heavy atom. The first-order valence-electron chi connectivity index (χ1n) is 3.92. The smallest absolute Gasteiger partial charge is 0.0967 e. The number of hydrogen-bond donors (Lipinski definition) is 1. The quantitative estimate of drug-likeness (QED) is 0.679. The number of aliphatic hydroxyl groups is 1. The second-order valence-electron chi connectivity index (χ2n) is 3.42. The van der Waals surface area contributed by atoms with Gasteiger partial charge in [-0.25, -0.2) is 0 Å². The molecule has 1 atom stereocenters. The first-order valence-corrected chi connectivity index (χ1v) is 4.99. The van der Waals surface area contributed by atoms with Crippen LogP contribution in [0.4, 0.5) is 0 Å². The zero-order chi connectivity index (χ0) is 9.61. The van der Waals surface area contributed by atoms with E-state index < -0.39 is 0 Å². The first kappa shape index (κ1) is 12.5. The zero-order valence-electron chi connectivity index (χ0n) is 7.52. The van der Waals surface area contributed by atoms with Crippen LogP contribution < -0.4 is 0 Å². The van der Waals surface area contributed by atoms with Crippen molar-refractivity contribution in [2.45, 2.75) is 25.9 Å². The molecule has 74 valence electrons. The molecule has 1 unspecified atom stereocenters. The van der Waals surface area contributed by atoms with Gasteiger partial charge in [-0.05, 0) is 20.3 Å². The maximum atomic E-state index is 8.72. The summed E-state index contributed by atoms with van der Waals surface area (Å²) in [6.07, 6.45) is 0.990. The van der Waals surface area contributed by atoms with Crippen molar-refractivity contribution in [2.75, 3.05) is 18.6 Å². The summed E-state index contributed by atoms with van der Waals surface area (Å²) in [5.74, 6) is 0.375. The van der Waals surface area contributed by atoms with Crippen LogP contribution >= 0.6 is 23.2 Å². The average Bonchev–Trinajstić information content (AvgIpc) is 2.32. The first-order chi connectivity index (χ1) is 5.55. The minimum Gasteiger partial charge on any atom is -0.396 e. The zero-order valence-corrected chi connectivity index (χ0v) is 9.03. The molecule has 0 aliphatic carbocycles. The SMILES string of the molecule is CC1(C)CC(CO)CO1.ClCCl. The van der Waals surface area contributed by atoms with Crippen LogP contribution in [-0.4, -0.2) is 29.3 Å². The van der Waals surface area contributed by atoms with E-state index in [-0.39, 0.29) is 17.5 Å². The Kier molecular flexibility index (Phi) is 6.28. The minimum atomic E-state index is 0.00734. The van der Waals surface area contributed by atoms with Crippen molar-refractivity contribution in [3.63, 3.8) is 0 Å². The standard InChI is InChI=1S/C7H14O2.CH2Cl2/c1-7(2)3-6(4-8)5-9-7;2-1-3/h6,8H,3-5H2,1-2H3;1H2. The van der Waals surface area contributed by atoms with Gasteiger partial charge in [-0.15, -0.1) is 23.2 Å². The molecule has 0 aromatic rings. The maximum absolute atomic E-state index is 8.72. The molecule has 2 nitrogen and oxygen atoms in total. The van der Waals surface area contributed by atoms with E-state index in [0.29, 0.717) is 5.92 Å². The second kappa shape index (κ2) is 6.03. The fourth-order valence-electron chi connectivity index (χ4n) is 1.27. The Hall–Kier alpha value is 0.500. The van der Waals surface area contributed by atoms with Gasteiger partial charge in [0.2, 0.25) is 0 Å². The molecule has 1 aliphatic heterocycles. The molecule has 0 aromatic heterocycles. The summed E-state index contributed by atoms with van der Waals surface area (Å²) >= 11 is 9.53. The fraction of sp³-hybridized carbons (Fsp3) is 1.00. The van der Waals surface area contributed by atoms with Crippen LogP contribution in [0.25, 0.3) is 0 Å². The molecule has 4 heteroatoms. The van der Waals surface area contributed by atoms with Crippen molar-refractivity contribution >= 4 is 23.2 Å². The van der Waals surface area contributed by atoms with Gasteiger partial charge in [-0.2, -0.15) is 0 Å². The molecule has 0 aromatic carbocycles. The second-order valence-corrected chi connectivity index (χ2v) is 4.23. The summed E-state index contributed by atoms with van der Waals surface area (Å²) in [7, 11) is 0. The highest BCUT2D eigenvalue weighted by Gasteiger charge is 2.30. The van der Waals surface area contributed by atoms with Crippen LogP contribution in [0, 0.1) is 5.92 Å². The van der Waals surface area contributed by atoms with Crippen LogP contribution in [-0.2, 0) is 4.74 Å². The van der Waals surface area contributed by atoms with E-state index in [0.717, 1.165) is 13.0 Å². The molecule has 1 rings (SSSR count). The van der Waals surface area contributed by atoms with Crippen molar-refractivity contribution < 1.29 is 9.84 Å². The Morgan fingerprint density at radius 2 is 2.00 bits per heavy atom. The fourth-order valence-corrected chi connectivity index (χ4v) is 1.27. The molecule has 12 heavy (non-hydrogen) atoms. The van der Waals surface area contributed by atoms with E-state index in [1.54, 1.807) is 0 Å². The Morgan fingerprint density at radius 3 is 2.17 bits per heavy atom. The molecular weight excluding hydrogens is 199 g/mol. The predicted octanol–water partition coefficient (Wildman–Crippen LogP) is 2.22. The van der Waals surface area contributed by atoms with Crippen molar-refractivity contribution in [3.05, 3.63) is 0 Å². The minimum absolute atomic E-state index is 0.00734. The van der Waals surface area contributed by atoms with E-state index in [1.807, 2.05) is 0 Å². The number of halogens is 2. The maximum Gasteiger partial charge on any atom is 0.0967 e. The highest BCUT2D eigenvalue weighted by Crippen LogP contribution is 2.28. The van der Waals surface area contributed by atoms with Crippen LogP contribution in [0.3, 0.4) is 0 Å². The molecule has 1 heterocycles. The molecule has 0 saturated carbocycles. The van der Waals surface area contributed by atoms with Crippen molar-refractivity contribution in [1.82, 2.24) is 0 Å². The van der Waals surface area contributed by atoms with Gasteiger partial charge < -0.3 is 9.84 Å². The monoisotopic (exact) mass is 214 g/mol. The van der Waals surface area contributed by atoms with Gasteiger partial charge in [0.05, 0.1) is 17.5 Å². The summed E-state index contributed by atoms with van der Waals surface area (Å²) in [4.78, 5) is 0. The Labute approximate surface area is 83.8 Å². The number of rotatable bonds is 1. The van der Waals surface area contributed by atoms with Gasteiger partial charge in [-0.1, -0.05) is 0 Å². The van der Waals surface area contributed by atoms with Gasteiger partial charge in [0.25, 0.3) is 0 Å². The highest BCUT2D eigenvalue weighted by atomic mass is 35.5. The number of alkyl halides is 2. The molecule has 1 N–H and O–H groups in total. The summed E-state index contributed by atoms with van der Waals surface area (Å²) in [5, 5.41) is 8.91. The van der Waals surface area contributed by atoms with E-state index in [4.69, 9.17) is 33.0 Å². The largest absolute Gasteiger partial charge is 0.396 e. The third kappa shape index (κ3) is 5.20. The lowest BCUT2D eigenvalue weighted by atomic mass is 9.99. The van der Waals surface area contributed by atoms with Crippen molar-refractivity contribution in [1.29, 1.82) is 0 Å². The van der Waals surface area contributed by atoms with E-state index >= 15 is 0 Å². The number of ether oxygens (including phenoxy) is 1. The molecule has 0 bridgehead atoms. The van der Waals surface area contributed by atoms with Gasteiger partial charge in [0, 0.05) is 12.5 Å². The molecule has 1 saturated heterocycles. The molecule has 1 fully saturated rings. The molecule has 0 amide bonds. The predicted molar refractivity (Wildman–Crippen MR) is 51.8 cm³/mol. The topological polar surface area (TPSA) is 29.5 Å². The van der Waals surface area contributed by atoms with E-state index in [2.05, 4.69) is 13.8 Å². The highest BCUT2D eigenvalue weighted by molar-refractivity contribution is 6.40. The van der Waals surface area contributed by atoms with Crippen molar-refractivity contribution in [2.24, 2.45) is 5.92 Å². The summed E-state index contributed by atoms with van der Waals surface area (Å²) < 4.78 is 5.38. The van der Waals surface area contributed by atoms with Gasteiger partial charge >= 0.3 is 0 Å². The lowest BCUT2D eigenvalue weighted by Gasteiger charge is -2.15. The Bertz CT molecular complexity index is 118. The van der Waals surface area contributed by atoms with Crippen LogP contribution in [0.1, 0.15) is 20.3 Å². The van der Waals surface area contributed by atoms with Gasteiger partial charge in [0.1, 0.15) is 0 Å². The summed E-state index contributed by atoms with van der Waals surface area (Å²) in [6.45, 7) is 5.11. The van der Waals surface area contributed by atoms with Crippen molar-refractivity contribution in [3.8, 4) is 0 Å². The van der Waals surface area contributed by atoms with Crippen LogP contribution in [0.2, 0.25) is 0 Å². The van der Waals surface area contributed by atoms with Gasteiger partial charge in [-0.3, -0.25) is 0 Å². The van der Waals surface area contributed by atoms with E-state index in [9.17, 15) is 0 Å². The number of hydrogen-bond acceptors (Lipinski definition) is 2. The summed E-state index contributed by atoms with van der Waals surface area (Å²) in [5.41, 5.74) is 0.00734. The molecule has 0 radical (unpaired) electrons. The molecule has 0 spiro atoms. The number of aliphatic hydroxyl groups excluding tert-OH is 1. The Balaban J connectivity index is 0.000000354. The lowest BCUT2D eigenvalue weighted by Crippen LogP contribution is -2.17. The normalized spacial score (nSPS) is 26.2. The third-order valence-corrected chi connectivity index (χ3v) is 1.75. The van der Waals surface area contributed by atoms with Crippen LogP contribution in [0.15, 0.2) is 0 Å². The average molecular weight is 215 g/mol. The third-order valence-electron chi connectivity index (χ3n) is 1.75. The van der Waals surface area contributed by atoms with Crippen LogP contribution in [0.5, 0.6) is 0 Å². The van der Waals surface area contributed by atoms with E-state index in [1.165, 1.54) is 0 Å². The lowest BCUT2D eigenvalue weighted by molar-refractivity contribution is 0.0338.